The number of rotatable bonds is 6. The number of aromatic carboxylic acids is 1. The van der Waals surface area contributed by atoms with E-state index < -0.39 is 24.1 Å². The van der Waals surface area contributed by atoms with Gasteiger partial charge in [-0.1, -0.05) is 24.3 Å². The molecule has 0 unspecified atom stereocenters. The fourth-order valence-electron chi connectivity index (χ4n) is 1.90. The van der Waals surface area contributed by atoms with Gasteiger partial charge in [-0.25, -0.2) is 18.0 Å². The molecular weight excluding hydrogens is 313 g/mol. The van der Waals surface area contributed by atoms with E-state index in [4.69, 9.17) is 5.11 Å². The Labute approximate surface area is 130 Å². The minimum Gasteiger partial charge on any atom is -0.478 e. The van der Waals surface area contributed by atoms with E-state index >= 15 is 0 Å². The molecule has 0 aliphatic rings. The molecule has 0 saturated heterocycles. The zero-order valence-corrected chi connectivity index (χ0v) is 12.2. The summed E-state index contributed by atoms with van der Waals surface area (Å²) in [5.41, 5.74) is -0.154. The van der Waals surface area contributed by atoms with Crippen LogP contribution >= 0.6 is 11.8 Å². The number of carbonyl (C=O) groups is 1. The topological polar surface area (TPSA) is 37.3 Å². The highest BCUT2D eigenvalue weighted by atomic mass is 32.2. The van der Waals surface area contributed by atoms with Gasteiger partial charge in [0.1, 0.15) is 5.82 Å². The molecule has 2 aromatic rings. The van der Waals surface area contributed by atoms with E-state index in [1.54, 1.807) is 18.2 Å². The van der Waals surface area contributed by atoms with Gasteiger partial charge >= 0.3 is 5.97 Å². The summed E-state index contributed by atoms with van der Waals surface area (Å²) in [6.07, 6.45) is -0.461. The van der Waals surface area contributed by atoms with Crippen molar-refractivity contribution < 1.29 is 23.1 Å². The fourth-order valence-corrected chi connectivity index (χ4v) is 2.96. The van der Waals surface area contributed by atoms with Gasteiger partial charge in [0, 0.05) is 22.6 Å². The molecular formula is C16H13F3O2S. The second-order valence-electron chi connectivity index (χ2n) is 4.61. The van der Waals surface area contributed by atoms with Gasteiger partial charge in [0.05, 0.1) is 5.56 Å². The number of hydrogen-bond acceptors (Lipinski definition) is 2. The van der Waals surface area contributed by atoms with Crippen LogP contribution in [-0.4, -0.2) is 16.8 Å². The minimum absolute atomic E-state index is 0.0503. The number of halogens is 3. The molecule has 116 valence electrons. The van der Waals surface area contributed by atoms with Crippen LogP contribution in [0.15, 0.2) is 53.4 Å². The van der Waals surface area contributed by atoms with E-state index in [2.05, 4.69) is 0 Å². The van der Waals surface area contributed by atoms with E-state index in [0.717, 1.165) is 36.0 Å². The van der Waals surface area contributed by atoms with Gasteiger partial charge in [-0.05, 0) is 24.3 Å². The molecule has 0 aromatic heterocycles. The molecule has 2 aromatic carbocycles. The van der Waals surface area contributed by atoms with Crippen LogP contribution in [-0.2, 0) is 5.92 Å². The Morgan fingerprint density at radius 1 is 1.09 bits per heavy atom. The van der Waals surface area contributed by atoms with Crippen molar-refractivity contribution in [2.45, 2.75) is 17.2 Å². The van der Waals surface area contributed by atoms with Gasteiger partial charge in [-0.15, -0.1) is 11.8 Å². The van der Waals surface area contributed by atoms with E-state index in [-0.39, 0.29) is 16.9 Å². The molecule has 0 fully saturated rings. The predicted octanol–water partition coefficient (Wildman–Crippen LogP) is 4.80. The Balaban J connectivity index is 2.01. The second-order valence-corrected chi connectivity index (χ2v) is 5.75. The summed E-state index contributed by atoms with van der Waals surface area (Å²) in [5.74, 6) is -4.69. The molecule has 0 spiro atoms. The van der Waals surface area contributed by atoms with Gasteiger partial charge < -0.3 is 5.11 Å². The van der Waals surface area contributed by atoms with E-state index in [9.17, 15) is 18.0 Å². The molecule has 0 radical (unpaired) electrons. The summed E-state index contributed by atoms with van der Waals surface area (Å²) >= 11 is 1.07. The van der Waals surface area contributed by atoms with E-state index in [1.165, 1.54) is 6.07 Å². The van der Waals surface area contributed by atoms with E-state index in [0.29, 0.717) is 4.90 Å². The van der Waals surface area contributed by atoms with Crippen molar-refractivity contribution in [2.24, 2.45) is 0 Å². The van der Waals surface area contributed by atoms with Crippen molar-refractivity contribution in [3.63, 3.8) is 0 Å². The molecule has 0 atom stereocenters. The lowest BCUT2D eigenvalue weighted by molar-refractivity contribution is -0.00706. The molecule has 0 aliphatic heterocycles. The van der Waals surface area contributed by atoms with Crippen molar-refractivity contribution in [1.82, 2.24) is 0 Å². The normalized spacial score (nSPS) is 11.4. The number of carboxylic acid groups (broad SMARTS) is 1. The number of hydrogen-bond donors (Lipinski definition) is 1. The van der Waals surface area contributed by atoms with Crippen molar-refractivity contribution in [1.29, 1.82) is 0 Å². The summed E-state index contributed by atoms with van der Waals surface area (Å²) in [6.45, 7) is 0. The lowest BCUT2D eigenvalue weighted by Crippen LogP contribution is -2.14. The number of thioether (sulfide) groups is 1. The average Bonchev–Trinajstić information content (AvgIpc) is 2.48. The third-order valence-corrected chi connectivity index (χ3v) is 4.13. The van der Waals surface area contributed by atoms with Crippen LogP contribution in [0.25, 0.3) is 0 Å². The summed E-state index contributed by atoms with van der Waals surface area (Å²) in [5, 5.41) is 9.03. The first-order valence-corrected chi connectivity index (χ1v) is 7.48. The zero-order valence-electron chi connectivity index (χ0n) is 11.4. The SMILES string of the molecule is O=C(O)c1ccccc1SCCC(F)(F)c1ccc(F)cc1. The Bertz CT molecular complexity index is 657. The molecule has 2 rings (SSSR count). The molecule has 0 saturated carbocycles. The molecule has 0 heterocycles. The Hall–Kier alpha value is -1.95. The number of alkyl halides is 2. The Morgan fingerprint density at radius 3 is 2.36 bits per heavy atom. The smallest absolute Gasteiger partial charge is 0.336 e. The molecule has 0 aliphatic carbocycles. The van der Waals surface area contributed by atoms with Crippen LogP contribution in [0.4, 0.5) is 13.2 Å². The highest BCUT2D eigenvalue weighted by Gasteiger charge is 2.31. The van der Waals surface area contributed by atoms with Crippen LogP contribution in [0.5, 0.6) is 0 Å². The van der Waals surface area contributed by atoms with Gasteiger partial charge in [-0.3, -0.25) is 0 Å². The maximum atomic E-state index is 14.0. The summed E-state index contributed by atoms with van der Waals surface area (Å²) in [7, 11) is 0. The molecule has 0 amide bonds. The molecule has 2 nitrogen and oxygen atoms in total. The second kappa shape index (κ2) is 6.87. The average molecular weight is 326 g/mol. The minimum atomic E-state index is -3.08. The van der Waals surface area contributed by atoms with Crippen LogP contribution in [0.2, 0.25) is 0 Å². The molecule has 22 heavy (non-hydrogen) atoms. The van der Waals surface area contributed by atoms with Crippen molar-refractivity contribution >= 4 is 17.7 Å². The largest absolute Gasteiger partial charge is 0.478 e. The van der Waals surface area contributed by atoms with Crippen LogP contribution in [0, 0.1) is 5.82 Å². The first-order valence-electron chi connectivity index (χ1n) is 6.49. The van der Waals surface area contributed by atoms with Crippen molar-refractivity contribution in [3.8, 4) is 0 Å². The van der Waals surface area contributed by atoms with Crippen LogP contribution in [0.3, 0.4) is 0 Å². The first-order chi connectivity index (χ1) is 10.4. The standard InChI is InChI=1S/C16H13F3O2S/c17-12-7-5-11(6-8-12)16(18,19)9-10-22-14-4-2-1-3-13(14)15(20)21/h1-8H,9-10H2,(H,20,21). The van der Waals surface area contributed by atoms with Gasteiger partial charge in [-0.2, -0.15) is 0 Å². The third-order valence-electron chi connectivity index (χ3n) is 3.06. The van der Waals surface area contributed by atoms with Crippen molar-refractivity contribution in [3.05, 3.63) is 65.5 Å². The highest BCUT2D eigenvalue weighted by Crippen LogP contribution is 2.34. The van der Waals surface area contributed by atoms with Gasteiger partial charge in [0.25, 0.3) is 5.92 Å². The summed E-state index contributed by atoms with van der Waals surface area (Å²) in [4.78, 5) is 11.5. The maximum absolute atomic E-state index is 14.0. The molecule has 1 N–H and O–H groups in total. The number of carboxylic acids is 1. The zero-order chi connectivity index (χ0) is 16.2. The monoisotopic (exact) mass is 326 g/mol. The van der Waals surface area contributed by atoms with Gasteiger partial charge in [0.15, 0.2) is 0 Å². The lowest BCUT2D eigenvalue weighted by atomic mass is 10.1. The molecule has 6 heteroatoms. The Kier molecular flexibility index (Phi) is 5.13. The quantitative estimate of drug-likeness (QED) is 0.775. The first kappa shape index (κ1) is 16.4. The van der Waals surface area contributed by atoms with Gasteiger partial charge in [0.2, 0.25) is 0 Å². The highest BCUT2D eigenvalue weighted by molar-refractivity contribution is 7.99. The van der Waals surface area contributed by atoms with Crippen LogP contribution < -0.4 is 0 Å². The number of benzene rings is 2. The fraction of sp³-hybridized carbons (Fsp3) is 0.188. The maximum Gasteiger partial charge on any atom is 0.336 e. The molecule has 0 bridgehead atoms. The van der Waals surface area contributed by atoms with Crippen molar-refractivity contribution in [2.75, 3.05) is 5.75 Å². The summed E-state index contributed by atoms with van der Waals surface area (Å²) in [6, 6.07) is 10.4. The predicted molar refractivity (Wildman–Crippen MR) is 79.0 cm³/mol. The Morgan fingerprint density at radius 2 is 1.73 bits per heavy atom. The van der Waals surface area contributed by atoms with Crippen LogP contribution in [0.1, 0.15) is 22.3 Å². The lowest BCUT2D eigenvalue weighted by Gasteiger charge is -2.16. The third kappa shape index (κ3) is 4.04. The van der Waals surface area contributed by atoms with E-state index in [1.807, 2.05) is 0 Å². The summed E-state index contributed by atoms with van der Waals surface area (Å²) < 4.78 is 40.8.